The molecule has 2 rings (SSSR count). The van der Waals surface area contributed by atoms with Crippen LogP contribution in [0.1, 0.15) is 11.1 Å². The zero-order valence-electron chi connectivity index (χ0n) is 9.79. The molecule has 0 aliphatic rings. The van der Waals surface area contributed by atoms with Crippen molar-refractivity contribution < 1.29 is 5.21 Å². The molecular formula is C14H18N2O. The van der Waals surface area contributed by atoms with Crippen LogP contribution in [-0.2, 0) is 13.1 Å². The molecule has 2 aromatic carbocycles. The first-order valence-electron chi connectivity index (χ1n) is 5.36. The van der Waals surface area contributed by atoms with Crippen LogP contribution in [0.25, 0.3) is 0 Å². The van der Waals surface area contributed by atoms with Crippen LogP contribution in [0.3, 0.4) is 0 Å². The molecule has 0 aliphatic carbocycles. The molecule has 0 fully saturated rings. The number of hydroxylamine groups is 2. The highest BCUT2D eigenvalue weighted by Crippen LogP contribution is 2.07. The van der Waals surface area contributed by atoms with E-state index in [1.165, 1.54) is 5.06 Å². The zero-order valence-corrected chi connectivity index (χ0v) is 9.79. The van der Waals surface area contributed by atoms with Crippen molar-refractivity contribution in [3.63, 3.8) is 0 Å². The van der Waals surface area contributed by atoms with E-state index in [0.29, 0.717) is 13.1 Å². The largest absolute Gasteiger partial charge is 0.344 e. The summed E-state index contributed by atoms with van der Waals surface area (Å²) in [6.45, 7) is 1.10. The van der Waals surface area contributed by atoms with Gasteiger partial charge < -0.3 is 11.4 Å². The summed E-state index contributed by atoms with van der Waals surface area (Å²) < 4.78 is 0. The Kier molecular flexibility index (Phi) is 5.36. The smallest absolute Gasteiger partial charge is 0.0492 e. The summed E-state index contributed by atoms with van der Waals surface area (Å²) in [5, 5.41) is 11.1. The van der Waals surface area contributed by atoms with Crippen molar-refractivity contribution >= 4 is 0 Å². The standard InChI is InChI=1S/C14H15NO.H3N/c16-15(11-13-7-3-1-4-8-13)12-14-9-5-2-6-10-14;/h1-10,16H,11-12H2;1H3. The van der Waals surface area contributed by atoms with Gasteiger partial charge in [0.25, 0.3) is 0 Å². The molecule has 0 radical (unpaired) electrons. The van der Waals surface area contributed by atoms with Crippen LogP contribution in [-0.4, -0.2) is 10.3 Å². The molecule has 0 atom stereocenters. The molecule has 2 aromatic rings. The van der Waals surface area contributed by atoms with E-state index >= 15 is 0 Å². The Morgan fingerprint density at radius 1 is 0.706 bits per heavy atom. The second kappa shape index (κ2) is 6.81. The molecule has 0 unspecified atom stereocenters. The van der Waals surface area contributed by atoms with Crippen LogP contribution in [0.5, 0.6) is 0 Å². The lowest BCUT2D eigenvalue weighted by Crippen LogP contribution is -2.17. The highest BCUT2D eigenvalue weighted by Gasteiger charge is 2.02. The van der Waals surface area contributed by atoms with E-state index in [0.717, 1.165) is 11.1 Å². The molecule has 0 spiro atoms. The molecule has 0 bridgehead atoms. The van der Waals surface area contributed by atoms with Gasteiger partial charge in [0.05, 0.1) is 0 Å². The van der Waals surface area contributed by atoms with E-state index in [1.54, 1.807) is 0 Å². The van der Waals surface area contributed by atoms with Crippen molar-refractivity contribution in [1.29, 1.82) is 0 Å². The van der Waals surface area contributed by atoms with Crippen LogP contribution in [0.4, 0.5) is 0 Å². The fourth-order valence-electron chi connectivity index (χ4n) is 1.64. The van der Waals surface area contributed by atoms with Crippen molar-refractivity contribution in [1.82, 2.24) is 11.2 Å². The second-order valence-corrected chi connectivity index (χ2v) is 3.79. The van der Waals surface area contributed by atoms with Gasteiger partial charge in [-0.25, -0.2) is 0 Å². The van der Waals surface area contributed by atoms with Crippen molar-refractivity contribution in [3.8, 4) is 0 Å². The summed E-state index contributed by atoms with van der Waals surface area (Å²) in [7, 11) is 0. The summed E-state index contributed by atoms with van der Waals surface area (Å²) >= 11 is 0. The molecule has 4 N–H and O–H groups in total. The Labute approximate surface area is 102 Å². The zero-order chi connectivity index (χ0) is 11.2. The normalized spacial score (nSPS) is 10.0. The van der Waals surface area contributed by atoms with Gasteiger partial charge in [0.1, 0.15) is 0 Å². The summed E-state index contributed by atoms with van der Waals surface area (Å²) in [6, 6.07) is 19.9. The average molecular weight is 230 g/mol. The van der Waals surface area contributed by atoms with Gasteiger partial charge >= 0.3 is 0 Å². The first-order chi connectivity index (χ1) is 7.84. The van der Waals surface area contributed by atoms with E-state index in [-0.39, 0.29) is 6.15 Å². The van der Waals surface area contributed by atoms with E-state index in [1.807, 2.05) is 60.7 Å². The highest BCUT2D eigenvalue weighted by molar-refractivity contribution is 5.16. The second-order valence-electron chi connectivity index (χ2n) is 3.79. The monoisotopic (exact) mass is 230 g/mol. The third kappa shape index (κ3) is 4.36. The van der Waals surface area contributed by atoms with Gasteiger partial charge in [0.2, 0.25) is 0 Å². The average Bonchev–Trinajstić information content (AvgIpc) is 2.31. The summed E-state index contributed by atoms with van der Waals surface area (Å²) in [5.74, 6) is 0. The lowest BCUT2D eigenvalue weighted by molar-refractivity contribution is -0.108. The highest BCUT2D eigenvalue weighted by atomic mass is 16.5. The Bertz CT molecular complexity index is 375. The maximum Gasteiger partial charge on any atom is 0.0492 e. The maximum atomic E-state index is 9.79. The van der Waals surface area contributed by atoms with E-state index in [4.69, 9.17) is 0 Å². The van der Waals surface area contributed by atoms with E-state index in [2.05, 4.69) is 0 Å². The van der Waals surface area contributed by atoms with Gasteiger partial charge in [-0.05, 0) is 11.1 Å². The van der Waals surface area contributed by atoms with Crippen molar-refractivity contribution in [2.45, 2.75) is 13.1 Å². The Hall–Kier alpha value is -1.68. The minimum atomic E-state index is 0. The summed E-state index contributed by atoms with van der Waals surface area (Å²) in [4.78, 5) is 0. The molecule has 3 heteroatoms. The molecule has 0 amide bonds. The molecule has 0 aromatic heterocycles. The number of hydrogen-bond acceptors (Lipinski definition) is 3. The third-order valence-electron chi connectivity index (χ3n) is 2.42. The summed E-state index contributed by atoms with van der Waals surface area (Å²) in [5.41, 5.74) is 2.22. The topological polar surface area (TPSA) is 58.5 Å². The number of nitrogens with zero attached hydrogens (tertiary/aromatic N) is 1. The maximum absolute atomic E-state index is 9.79. The molecule has 0 saturated heterocycles. The predicted molar refractivity (Wildman–Crippen MR) is 68.9 cm³/mol. The van der Waals surface area contributed by atoms with Crippen LogP contribution < -0.4 is 6.15 Å². The van der Waals surface area contributed by atoms with Gasteiger partial charge in [-0.3, -0.25) is 0 Å². The Morgan fingerprint density at radius 3 is 1.41 bits per heavy atom. The predicted octanol–water partition coefficient (Wildman–Crippen LogP) is 3.24. The minimum Gasteiger partial charge on any atom is -0.344 e. The first kappa shape index (κ1) is 13.4. The van der Waals surface area contributed by atoms with Crippen LogP contribution in [0, 0.1) is 0 Å². The quantitative estimate of drug-likeness (QED) is 0.793. The van der Waals surface area contributed by atoms with Crippen molar-refractivity contribution in [2.24, 2.45) is 0 Å². The van der Waals surface area contributed by atoms with Gasteiger partial charge in [-0.15, -0.1) is 0 Å². The number of benzene rings is 2. The molecule has 0 heterocycles. The van der Waals surface area contributed by atoms with Crippen molar-refractivity contribution in [3.05, 3.63) is 71.8 Å². The van der Waals surface area contributed by atoms with Crippen LogP contribution in [0.2, 0.25) is 0 Å². The Balaban J connectivity index is 0.00000144. The van der Waals surface area contributed by atoms with Gasteiger partial charge in [0.15, 0.2) is 0 Å². The Morgan fingerprint density at radius 2 is 1.06 bits per heavy atom. The molecule has 90 valence electrons. The van der Waals surface area contributed by atoms with Crippen molar-refractivity contribution in [2.75, 3.05) is 0 Å². The van der Waals surface area contributed by atoms with Gasteiger partial charge in [0, 0.05) is 13.1 Å². The molecular weight excluding hydrogens is 212 g/mol. The molecule has 0 saturated carbocycles. The molecule has 3 nitrogen and oxygen atoms in total. The number of rotatable bonds is 4. The van der Waals surface area contributed by atoms with Crippen LogP contribution >= 0.6 is 0 Å². The fourth-order valence-corrected chi connectivity index (χ4v) is 1.64. The molecule has 0 aliphatic heterocycles. The third-order valence-corrected chi connectivity index (χ3v) is 2.42. The van der Waals surface area contributed by atoms with E-state index < -0.39 is 0 Å². The number of hydrogen-bond donors (Lipinski definition) is 2. The lowest BCUT2D eigenvalue weighted by Gasteiger charge is -2.14. The minimum absolute atomic E-state index is 0. The molecule has 17 heavy (non-hydrogen) atoms. The van der Waals surface area contributed by atoms with E-state index in [9.17, 15) is 5.21 Å². The lowest BCUT2D eigenvalue weighted by atomic mass is 10.2. The van der Waals surface area contributed by atoms with Gasteiger partial charge in [-0.2, -0.15) is 5.06 Å². The van der Waals surface area contributed by atoms with Crippen LogP contribution in [0.15, 0.2) is 60.7 Å². The van der Waals surface area contributed by atoms with Gasteiger partial charge in [-0.1, -0.05) is 60.7 Å². The SMILES string of the molecule is N.ON(Cc1ccccc1)Cc1ccccc1. The first-order valence-corrected chi connectivity index (χ1v) is 5.36. The summed E-state index contributed by atoms with van der Waals surface area (Å²) in [6.07, 6.45) is 0. The fraction of sp³-hybridized carbons (Fsp3) is 0.143.